The molecule has 2 rings (SSSR count). The van der Waals surface area contributed by atoms with Gasteiger partial charge in [-0.3, -0.25) is 4.79 Å². The van der Waals surface area contributed by atoms with E-state index in [1.807, 2.05) is 0 Å². The van der Waals surface area contributed by atoms with Gasteiger partial charge in [-0.25, -0.2) is 0 Å². The molecule has 4 N–H and O–H groups in total. The van der Waals surface area contributed by atoms with Crippen molar-refractivity contribution in [3.63, 3.8) is 0 Å². The van der Waals surface area contributed by atoms with Crippen LogP contribution in [0.5, 0.6) is 11.5 Å². The highest BCUT2D eigenvalue weighted by atomic mass is 79.9. The first-order chi connectivity index (χ1) is 9.49. The fourth-order valence-electron chi connectivity index (χ4n) is 1.66. The maximum absolute atomic E-state index is 11.4. The van der Waals surface area contributed by atoms with Gasteiger partial charge in [0.15, 0.2) is 0 Å². The molecule has 1 amide bonds. The Morgan fingerprint density at radius 2 is 1.75 bits per heavy atom. The number of amides is 1. The van der Waals surface area contributed by atoms with Crippen LogP contribution in [-0.2, 0) is 0 Å². The lowest BCUT2D eigenvalue weighted by atomic mass is 10.1. The average molecular weight is 351 g/mol. The van der Waals surface area contributed by atoms with Crippen LogP contribution in [0.3, 0.4) is 0 Å². The van der Waals surface area contributed by atoms with E-state index >= 15 is 0 Å². The molecule has 0 unspecified atom stereocenters. The number of nitrogens with two attached hydrogens (primary N) is 2. The van der Waals surface area contributed by atoms with Crippen molar-refractivity contribution in [2.24, 2.45) is 11.5 Å². The van der Waals surface area contributed by atoms with Crippen LogP contribution in [0.1, 0.15) is 15.9 Å². The minimum absolute atomic E-state index is 0.212. The predicted molar refractivity (Wildman–Crippen MR) is 85.1 cm³/mol. The number of para-hydroxylation sites is 1. The fourth-order valence-corrected chi connectivity index (χ4v) is 2.17. The van der Waals surface area contributed by atoms with E-state index in [2.05, 4.69) is 15.9 Å². The largest absolute Gasteiger partial charge is 0.456 e. The first kappa shape index (κ1) is 14.5. The van der Waals surface area contributed by atoms with Gasteiger partial charge < -0.3 is 16.2 Å². The Labute approximate surface area is 129 Å². The molecule has 0 bridgehead atoms. The Kier molecular flexibility index (Phi) is 4.36. The lowest BCUT2D eigenvalue weighted by molar-refractivity contribution is 0.0998. The lowest BCUT2D eigenvalue weighted by Gasteiger charge is -2.12. The van der Waals surface area contributed by atoms with Gasteiger partial charge in [-0.15, -0.1) is 0 Å². The van der Waals surface area contributed by atoms with Gasteiger partial charge in [0.2, 0.25) is 0 Å². The van der Waals surface area contributed by atoms with Gasteiger partial charge in [0.25, 0.3) is 5.91 Å². The molecule has 0 aliphatic rings. The van der Waals surface area contributed by atoms with E-state index in [0.717, 1.165) is 4.47 Å². The van der Waals surface area contributed by atoms with Crippen molar-refractivity contribution in [1.29, 1.82) is 0 Å². The molecule has 0 aliphatic carbocycles. The molecule has 102 valence electrons. The van der Waals surface area contributed by atoms with E-state index in [9.17, 15) is 4.79 Å². The van der Waals surface area contributed by atoms with Crippen molar-refractivity contribution < 1.29 is 9.53 Å². The molecule has 0 atom stereocenters. The number of hydrogen-bond donors (Lipinski definition) is 2. The monoisotopic (exact) mass is 350 g/mol. The number of halogens is 1. The van der Waals surface area contributed by atoms with E-state index in [1.54, 1.807) is 42.5 Å². The zero-order chi connectivity index (χ0) is 14.7. The van der Waals surface area contributed by atoms with Crippen molar-refractivity contribution in [3.05, 3.63) is 58.1 Å². The fraction of sp³-hybridized carbons (Fsp3) is 0. The Morgan fingerprint density at radius 3 is 2.40 bits per heavy atom. The van der Waals surface area contributed by atoms with Crippen LogP contribution in [0.25, 0.3) is 0 Å². The Balaban J connectivity index is 2.47. The van der Waals surface area contributed by atoms with Gasteiger partial charge in [-0.2, -0.15) is 0 Å². The van der Waals surface area contributed by atoms with E-state index in [-0.39, 0.29) is 4.99 Å². The maximum Gasteiger partial charge on any atom is 0.252 e. The van der Waals surface area contributed by atoms with Crippen LogP contribution < -0.4 is 16.2 Å². The maximum atomic E-state index is 11.4. The molecule has 2 aromatic carbocycles. The Bertz CT molecular complexity index is 689. The molecule has 0 radical (unpaired) electrons. The van der Waals surface area contributed by atoms with E-state index < -0.39 is 5.91 Å². The third kappa shape index (κ3) is 3.15. The SMILES string of the molecule is NC(=O)c1ccccc1Oc1cc(Br)ccc1C(N)=S. The lowest BCUT2D eigenvalue weighted by Crippen LogP contribution is -2.13. The van der Waals surface area contributed by atoms with Crippen molar-refractivity contribution in [1.82, 2.24) is 0 Å². The standard InChI is InChI=1S/C14H11BrN2O2S/c15-8-5-6-10(14(17)20)12(7-8)19-11-4-2-1-3-9(11)13(16)18/h1-7H,(H2,16,18)(H2,17,20). The minimum atomic E-state index is -0.563. The van der Waals surface area contributed by atoms with E-state index in [4.69, 9.17) is 28.4 Å². The van der Waals surface area contributed by atoms with Gasteiger partial charge in [0.05, 0.1) is 11.1 Å². The molecule has 0 spiro atoms. The minimum Gasteiger partial charge on any atom is -0.456 e. The van der Waals surface area contributed by atoms with Crippen LogP contribution in [0.2, 0.25) is 0 Å². The first-order valence-corrected chi connectivity index (χ1v) is 6.85. The molecular weight excluding hydrogens is 340 g/mol. The first-order valence-electron chi connectivity index (χ1n) is 5.65. The summed E-state index contributed by atoms with van der Waals surface area (Å²) in [5.74, 6) is 0.253. The third-order valence-corrected chi connectivity index (χ3v) is 3.29. The predicted octanol–water partition coefficient (Wildman–Crippen LogP) is 2.97. The third-order valence-electron chi connectivity index (χ3n) is 2.58. The summed E-state index contributed by atoms with van der Waals surface area (Å²) in [7, 11) is 0. The second-order valence-electron chi connectivity index (χ2n) is 3.97. The highest BCUT2D eigenvalue weighted by Crippen LogP contribution is 2.30. The number of hydrogen-bond acceptors (Lipinski definition) is 3. The quantitative estimate of drug-likeness (QED) is 0.830. The molecule has 6 heteroatoms. The smallest absolute Gasteiger partial charge is 0.252 e. The van der Waals surface area contributed by atoms with E-state index in [1.165, 1.54) is 0 Å². The molecule has 2 aromatic rings. The molecule has 0 fully saturated rings. The zero-order valence-corrected chi connectivity index (χ0v) is 12.7. The summed E-state index contributed by atoms with van der Waals surface area (Å²) in [5.41, 5.74) is 11.9. The highest BCUT2D eigenvalue weighted by Gasteiger charge is 2.13. The van der Waals surface area contributed by atoms with Crippen LogP contribution in [0, 0.1) is 0 Å². The van der Waals surface area contributed by atoms with Crippen LogP contribution in [-0.4, -0.2) is 10.9 Å². The summed E-state index contributed by atoms with van der Waals surface area (Å²) in [6, 6.07) is 12.0. The number of benzene rings is 2. The Hall–Kier alpha value is -1.92. The summed E-state index contributed by atoms with van der Waals surface area (Å²) in [6.45, 7) is 0. The molecule has 0 aliphatic heterocycles. The summed E-state index contributed by atoms with van der Waals surface area (Å²) in [5, 5.41) is 0. The van der Waals surface area contributed by atoms with Crippen molar-refractivity contribution in [2.45, 2.75) is 0 Å². The van der Waals surface area contributed by atoms with Gasteiger partial charge in [-0.05, 0) is 30.3 Å². The van der Waals surface area contributed by atoms with Gasteiger partial charge in [-0.1, -0.05) is 40.3 Å². The second kappa shape index (κ2) is 6.02. The molecule has 20 heavy (non-hydrogen) atoms. The highest BCUT2D eigenvalue weighted by molar-refractivity contribution is 9.10. The number of rotatable bonds is 4. The number of carbonyl (C=O) groups is 1. The summed E-state index contributed by atoms with van der Waals surface area (Å²) in [4.78, 5) is 11.6. The second-order valence-corrected chi connectivity index (χ2v) is 5.32. The summed E-state index contributed by atoms with van der Waals surface area (Å²) in [6.07, 6.45) is 0. The zero-order valence-electron chi connectivity index (χ0n) is 10.3. The van der Waals surface area contributed by atoms with Gasteiger partial charge in [0, 0.05) is 4.47 Å². The van der Waals surface area contributed by atoms with Crippen molar-refractivity contribution >= 4 is 39.0 Å². The Morgan fingerprint density at radius 1 is 1.05 bits per heavy atom. The number of carbonyl (C=O) groups excluding carboxylic acids is 1. The van der Waals surface area contributed by atoms with Crippen molar-refractivity contribution in [3.8, 4) is 11.5 Å². The molecular formula is C14H11BrN2O2S. The van der Waals surface area contributed by atoms with Gasteiger partial charge in [0.1, 0.15) is 16.5 Å². The normalized spacial score (nSPS) is 10.1. The van der Waals surface area contributed by atoms with Crippen LogP contribution in [0.15, 0.2) is 46.9 Å². The number of ether oxygens (including phenoxy) is 1. The summed E-state index contributed by atoms with van der Waals surface area (Å²) >= 11 is 8.33. The molecule has 0 heterocycles. The van der Waals surface area contributed by atoms with Crippen molar-refractivity contribution in [2.75, 3.05) is 0 Å². The molecule has 0 aromatic heterocycles. The topological polar surface area (TPSA) is 78.3 Å². The number of thiocarbonyl (C=S) groups is 1. The summed E-state index contributed by atoms with van der Waals surface area (Å²) < 4.78 is 6.56. The van der Waals surface area contributed by atoms with E-state index in [0.29, 0.717) is 22.6 Å². The van der Waals surface area contributed by atoms with Gasteiger partial charge >= 0.3 is 0 Å². The molecule has 4 nitrogen and oxygen atoms in total. The van der Waals surface area contributed by atoms with Crippen LogP contribution in [0.4, 0.5) is 0 Å². The number of primary amides is 1. The average Bonchev–Trinajstić information content (AvgIpc) is 2.38. The van der Waals surface area contributed by atoms with Crippen LogP contribution >= 0.6 is 28.1 Å². The molecule has 0 saturated carbocycles. The molecule has 0 saturated heterocycles.